The third-order valence-corrected chi connectivity index (χ3v) is 2.32. The van der Waals surface area contributed by atoms with Crippen LogP contribution in [0.4, 0.5) is 11.5 Å². The molecule has 0 unspecified atom stereocenters. The van der Waals surface area contributed by atoms with Gasteiger partial charge in [0.1, 0.15) is 11.9 Å². The van der Waals surface area contributed by atoms with Gasteiger partial charge in [-0.3, -0.25) is 0 Å². The van der Waals surface area contributed by atoms with E-state index < -0.39 is 4.92 Å². The lowest BCUT2D eigenvalue weighted by Gasteiger charge is -2.25. The first kappa shape index (κ1) is 11.4. The molecule has 5 heteroatoms. The van der Waals surface area contributed by atoms with Crippen molar-refractivity contribution >= 4 is 11.5 Å². The number of anilines is 1. The molecule has 0 amide bonds. The molecule has 5 nitrogen and oxygen atoms in total. The molecule has 0 fully saturated rings. The summed E-state index contributed by atoms with van der Waals surface area (Å²) in [5, 5.41) is 13.8. The average Bonchev–Trinajstić information content (AvgIpc) is 2.18. The van der Waals surface area contributed by atoms with Gasteiger partial charge in [0.15, 0.2) is 0 Å². The maximum atomic E-state index is 10.7. The summed E-state index contributed by atoms with van der Waals surface area (Å²) in [7, 11) is 0. The van der Waals surface area contributed by atoms with Gasteiger partial charge in [-0.1, -0.05) is 6.92 Å². The van der Waals surface area contributed by atoms with Crippen LogP contribution in [0, 0.1) is 10.1 Å². The van der Waals surface area contributed by atoms with Crippen LogP contribution in [-0.4, -0.2) is 15.4 Å². The Bertz CT molecular complexity index is 363. The largest absolute Gasteiger partial charge is 0.386 e. The third kappa shape index (κ3) is 2.90. The number of aromatic nitrogens is 1. The van der Waals surface area contributed by atoms with Gasteiger partial charge in [-0.15, -0.1) is 0 Å². The molecule has 0 aliphatic rings. The van der Waals surface area contributed by atoms with E-state index in [2.05, 4.69) is 10.3 Å². The van der Waals surface area contributed by atoms with Crippen LogP contribution in [0.3, 0.4) is 0 Å². The zero-order valence-electron chi connectivity index (χ0n) is 9.15. The predicted octanol–water partition coefficient (Wildman–Crippen LogP) is 2.59. The first-order chi connectivity index (χ1) is 6.96. The predicted molar refractivity (Wildman–Crippen MR) is 58.9 cm³/mol. The topological polar surface area (TPSA) is 68.1 Å². The Balaban J connectivity index is 2.99. The van der Waals surface area contributed by atoms with Crippen LogP contribution in [0.15, 0.2) is 18.3 Å². The normalized spacial score (nSPS) is 11.1. The minimum atomic E-state index is -0.478. The molecule has 0 aromatic carbocycles. The van der Waals surface area contributed by atoms with Crippen LogP contribution in [0.1, 0.15) is 27.2 Å². The molecule has 82 valence electrons. The quantitative estimate of drug-likeness (QED) is 0.611. The van der Waals surface area contributed by atoms with E-state index in [9.17, 15) is 10.1 Å². The summed E-state index contributed by atoms with van der Waals surface area (Å²) in [5.41, 5.74) is 0.294. The van der Waals surface area contributed by atoms with E-state index in [1.165, 1.54) is 6.20 Å². The van der Waals surface area contributed by atoms with Crippen molar-refractivity contribution < 1.29 is 4.92 Å². The standard InChI is InChI=1S/C10H15N3O2/c1-4-10(2,3)12-8-6-5-7-11-9(8)13(14)15/h5-7,12H,4H2,1-3H3. The molecule has 1 aromatic heterocycles. The molecule has 0 aliphatic heterocycles. The monoisotopic (exact) mass is 209 g/mol. The summed E-state index contributed by atoms with van der Waals surface area (Å²) in [6.45, 7) is 6.00. The van der Waals surface area contributed by atoms with Gasteiger partial charge < -0.3 is 15.4 Å². The maximum Gasteiger partial charge on any atom is 0.386 e. The van der Waals surface area contributed by atoms with Crippen molar-refractivity contribution in [2.45, 2.75) is 32.7 Å². The van der Waals surface area contributed by atoms with Crippen molar-refractivity contribution in [1.82, 2.24) is 4.98 Å². The molecule has 1 rings (SSSR count). The fourth-order valence-electron chi connectivity index (χ4n) is 1.09. The molecule has 0 spiro atoms. The molecular weight excluding hydrogens is 194 g/mol. The van der Waals surface area contributed by atoms with Crippen molar-refractivity contribution in [2.24, 2.45) is 0 Å². The summed E-state index contributed by atoms with van der Waals surface area (Å²) in [6.07, 6.45) is 2.29. The van der Waals surface area contributed by atoms with Crippen molar-refractivity contribution in [3.63, 3.8) is 0 Å². The Kier molecular flexibility index (Phi) is 3.24. The van der Waals surface area contributed by atoms with Crippen LogP contribution < -0.4 is 5.32 Å². The minimum absolute atomic E-state index is 0.126. The Labute approximate surface area is 88.7 Å². The molecule has 1 aromatic rings. The molecule has 0 saturated heterocycles. The van der Waals surface area contributed by atoms with Gasteiger partial charge in [-0.25, -0.2) is 0 Å². The lowest BCUT2D eigenvalue weighted by Crippen LogP contribution is -2.30. The van der Waals surface area contributed by atoms with Gasteiger partial charge in [-0.05, 0) is 42.3 Å². The number of rotatable bonds is 4. The van der Waals surface area contributed by atoms with E-state index in [0.29, 0.717) is 5.69 Å². The molecule has 0 radical (unpaired) electrons. The van der Waals surface area contributed by atoms with E-state index in [-0.39, 0.29) is 11.4 Å². The van der Waals surface area contributed by atoms with Crippen molar-refractivity contribution in [3.8, 4) is 0 Å². The van der Waals surface area contributed by atoms with Crippen LogP contribution in [0.2, 0.25) is 0 Å². The van der Waals surface area contributed by atoms with E-state index in [4.69, 9.17) is 0 Å². The second-order valence-electron chi connectivity index (χ2n) is 3.99. The van der Waals surface area contributed by atoms with Gasteiger partial charge >= 0.3 is 5.82 Å². The molecule has 0 bridgehead atoms. The number of pyridine rings is 1. The highest BCUT2D eigenvalue weighted by Crippen LogP contribution is 2.25. The molecule has 0 aliphatic carbocycles. The molecule has 0 saturated carbocycles. The maximum absolute atomic E-state index is 10.7. The van der Waals surface area contributed by atoms with Gasteiger partial charge in [0.2, 0.25) is 0 Å². The lowest BCUT2D eigenvalue weighted by atomic mass is 10.0. The number of hydrogen-bond acceptors (Lipinski definition) is 4. The lowest BCUT2D eigenvalue weighted by molar-refractivity contribution is -0.388. The summed E-state index contributed by atoms with van der Waals surface area (Å²) >= 11 is 0. The highest BCUT2D eigenvalue weighted by atomic mass is 16.6. The third-order valence-electron chi connectivity index (χ3n) is 2.32. The molecule has 1 heterocycles. The van der Waals surface area contributed by atoms with Gasteiger partial charge in [0, 0.05) is 5.54 Å². The van der Waals surface area contributed by atoms with E-state index in [1.54, 1.807) is 12.1 Å². The van der Waals surface area contributed by atoms with E-state index in [1.807, 2.05) is 20.8 Å². The molecule has 15 heavy (non-hydrogen) atoms. The Morgan fingerprint density at radius 2 is 2.27 bits per heavy atom. The molecule has 0 atom stereocenters. The first-order valence-corrected chi connectivity index (χ1v) is 4.84. The fraction of sp³-hybridized carbons (Fsp3) is 0.500. The summed E-state index contributed by atoms with van der Waals surface area (Å²) in [6, 6.07) is 3.35. The van der Waals surface area contributed by atoms with Crippen LogP contribution in [-0.2, 0) is 0 Å². The summed E-state index contributed by atoms with van der Waals surface area (Å²) in [4.78, 5) is 14.0. The summed E-state index contributed by atoms with van der Waals surface area (Å²) in [5.74, 6) is -0.126. The number of nitro groups is 1. The van der Waals surface area contributed by atoms with Crippen molar-refractivity contribution in [2.75, 3.05) is 5.32 Å². The fourth-order valence-corrected chi connectivity index (χ4v) is 1.09. The Hall–Kier alpha value is -1.65. The highest BCUT2D eigenvalue weighted by molar-refractivity contribution is 5.57. The first-order valence-electron chi connectivity index (χ1n) is 4.84. The van der Waals surface area contributed by atoms with Crippen LogP contribution >= 0.6 is 0 Å². The minimum Gasteiger partial charge on any atom is -0.373 e. The van der Waals surface area contributed by atoms with Crippen molar-refractivity contribution in [1.29, 1.82) is 0 Å². The van der Waals surface area contributed by atoms with Crippen LogP contribution in [0.25, 0.3) is 0 Å². The van der Waals surface area contributed by atoms with Crippen molar-refractivity contribution in [3.05, 3.63) is 28.4 Å². The second kappa shape index (κ2) is 4.25. The highest BCUT2D eigenvalue weighted by Gasteiger charge is 2.21. The van der Waals surface area contributed by atoms with E-state index >= 15 is 0 Å². The Morgan fingerprint density at radius 3 is 2.80 bits per heavy atom. The average molecular weight is 209 g/mol. The molecule has 1 N–H and O–H groups in total. The van der Waals surface area contributed by atoms with Gasteiger partial charge in [-0.2, -0.15) is 0 Å². The number of nitrogens with zero attached hydrogens (tertiary/aromatic N) is 2. The van der Waals surface area contributed by atoms with Crippen LogP contribution in [0.5, 0.6) is 0 Å². The van der Waals surface area contributed by atoms with Gasteiger partial charge in [0.05, 0.1) is 0 Å². The smallest absolute Gasteiger partial charge is 0.373 e. The zero-order valence-corrected chi connectivity index (χ0v) is 9.15. The van der Waals surface area contributed by atoms with E-state index in [0.717, 1.165) is 6.42 Å². The number of nitrogens with one attached hydrogen (secondary N) is 1. The Morgan fingerprint density at radius 1 is 1.60 bits per heavy atom. The SMILES string of the molecule is CCC(C)(C)Nc1cccnc1[N+](=O)[O-]. The zero-order chi connectivity index (χ0) is 11.5. The summed E-state index contributed by atoms with van der Waals surface area (Å²) < 4.78 is 0. The second-order valence-corrected chi connectivity index (χ2v) is 3.99. The molecular formula is C10H15N3O2. The number of hydrogen-bond donors (Lipinski definition) is 1. The van der Waals surface area contributed by atoms with Gasteiger partial charge in [0.25, 0.3) is 0 Å².